The molecule has 0 saturated heterocycles. The van der Waals surface area contributed by atoms with Gasteiger partial charge in [-0.2, -0.15) is 0 Å². The quantitative estimate of drug-likeness (QED) is 0.0262. The van der Waals surface area contributed by atoms with E-state index in [1.807, 2.05) is 0 Å². The van der Waals surface area contributed by atoms with Crippen LogP contribution in [0.3, 0.4) is 0 Å². The first-order valence-electron chi connectivity index (χ1n) is 27.7. The summed E-state index contributed by atoms with van der Waals surface area (Å²) in [6, 6.07) is 0. The molecular weight excluding hydrogens is 853 g/mol. The van der Waals surface area contributed by atoms with Crippen molar-refractivity contribution in [3.63, 3.8) is 0 Å². The summed E-state index contributed by atoms with van der Waals surface area (Å²) in [6.07, 6.45) is 78.6. The van der Waals surface area contributed by atoms with Gasteiger partial charge in [-0.25, -0.2) is 0 Å². The number of carbonyl (C=O) groups is 3. The van der Waals surface area contributed by atoms with Crippen molar-refractivity contribution < 1.29 is 28.6 Å². The molecule has 1 unspecified atom stereocenters. The molecule has 0 heterocycles. The average molecular weight is 953 g/mol. The minimum Gasteiger partial charge on any atom is -0.462 e. The van der Waals surface area contributed by atoms with Gasteiger partial charge < -0.3 is 14.2 Å². The first-order chi connectivity index (χ1) is 34.0. The lowest BCUT2D eigenvalue weighted by atomic mass is 10.1. The molecule has 0 rings (SSSR count). The maximum atomic E-state index is 12.9. The number of allylic oxidation sites excluding steroid dienone is 22. The molecule has 0 aromatic rings. The largest absolute Gasteiger partial charge is 0.462 e. The Kier molecular flexibility index (Phi) is 52.5. The fourth-order valence-electron chi connectivity index (χ4n) is 7.08. The number of unbranched alkanes of at least 4 members (excludes halogenated alkanes) is 15. The van der Waals surface area contributed by atoms with Crippen molar-refractivity contribution in [2.45, 2.75) is 232 Å². The van der Waals surface area contributed by atoms with Crippen LogP contribution >= 0.6 is 0 Å². The van der Waals surface area contributed by atoms with Crippen molar-refractivity contribution in [2.24, 2.45) is 0 Å². The monoisotopic (exact) mass is 953 g/mol. The second-order valence-corrected chi connectivity index (χ2v) is 17.7. The van der Waals surface area contributed by atoms with E-state index < -0.39 is 6.10 Å². The molecule has 388 valence electrons. The van der Waals surface area contributed by atoms with Crippen molar-refractivity contribution in [1.82, 2.24) is 0 Å². The number of ether oxygens (including phenoxy) is 3. The van der Waals surface area contributed by atoms with E-state index >= 15 is 0 Å². The summed E-state index contributed by atoms with van der Waals surface area (Å²) >= 11 is 0. The third-order valence-corrected chi connectivity index (χ3v) is 11.1. The Bertz CT molecular complexity index is 1510. The summed E-state index contributed by atoms with van der Waals surface area (Å²) in [7, 11) is 0. The van der Waals surface area contributed by atoms with Gasteiger partial charge in [0.2, 0.25) is 0 Å². The maximum absolute atomic E-state index is 12.9. The standard InChI is InChI=1S/C63H100O6/c1-4-7-10-13-16-19-22-25-28-30-31-33-35-38-41-44-47-50-53-56-62(65)68-59-60(58-67-61(64)55-52-49-46-43-40-37-34-27-24-21-18-15-12-9-6-3)69-63(66)57-54-51-48-45-42-39-36-32-29-26-23-20-17-14-11-8-5-2/h7-12,16-21,25-29,31,33-34,40,43,60H,4-6,13-15,22-24,30,32,35-39,41-42,44-59H2,1-3H3/b10-7-,11-8-,12-9-,19-16-,20-17-,21-18-,28-25-,29-26-,33-31-,34-27-,43-40-. The highest BCUT2D eigenvalue weighted by Crippen LogP contribution is 2.13. The van der Waals surface area contributed by atoms with Crippen LogP contribution in [0, 0.1) is 0 Å². The van der Waals surface area contributed by atoms with E-state index in [-0.39, 0.29) is 31.1 Å². The van der Waals surface area contributed by atoms with Crippen LogP contribution in [-0.4, -0.2) is 37.2 Å². The number of esters is 3. The summed E-state index contributed by atoms with van der Waals surface area (Å²) in [5, 5.41) is 0. The molecule has 69 heavy (non-hydrogen) atoms. The molecular formula is C63H100O6. The number of rotatable bonds is 48. The molecule has 0 amide bonds. The number of hydrogen-bond acceptors (Lipinski definition) is 6. The third-order valence-electron chi connectivity index (χ3n) is 11.1. The Morgan fingerprint density at radius 3 is 0.841 bits per heavy atom. The molecule has 0 spiro atoms. The van der Waals surface area contributed by atoms with Crippen LogP contribution in [0.25, 0.3) is 0 Å². The van der Waals surface area contributed by atoms with Crippen molar-refractivity contribution in [3.8, 4) is 0 Å². The summed E-state index contributed by atoms with van der Waals surface area (Å²) < 4.78 is 16.8. The molecule has 0 aliphatic carbocycles. The van der Waals surface area contributed by atoms with Crippen molar-refractivity contribution in [3.05, 3.63) is 134 Å². The average Bonchev–Trinajstić information content (AvgIpc) is 3.35. The molecule has 0 saturated carbocycles. The zero-order chi connectivity index (χ0) is 50.0. The zero-order valence-electron chi connectivity index (χ0n) is 44.3. The summed E-state index contributed by atoms with van der Waals surface area (Å²) in [6.45, 7) is 6.23. The van der Waals surface area contributed by atoms with Gasteiger partial charge in [0.05, 0.1) is 0 Å². The minimum absolute atomic E-state index is 0.108. The third kappa shape index (κ3) is 54.4. The van der Waals surface area contributed by atoms with Crippen LogP contribution < -0.4 is 0 Å². The van der Waals surface area contributed by atoms with E-state index in [4.69, 9.17) is 14.2 Å². The highest BCUT2D eigenvalue weighted by atomic mass is 16.6. The van der Waals surface area contributed by atoms with Gasteiger partial charge in [-0.15, -0.1) is 0 Å². The molecule has 0 N–H and O–H groups in total. The van der Waals surface area contributed by atoms with Gasteiger partial charge in [-0.3, -0.25) is 14.4 Å². The Hall–Kier alpha value is -4.45. The molecule has 0 aliphatic rings. The lowest BCUT2D eigenvalue weighted by Gasteiger charge is -2.18. The first-order valence-corrected chi connectivity index (χ1v) is 27.7. The maximum Gasteiger partial charge on any atom is 0.306 e. The summed E-state index contributed by atoms with van der Waals surface area (Å²) in [4.78, 5) is 38.1. The van der Waals surface area contributed by atoms with Gasteiger partial charge >= 0.3 is 17.9 Å². The van der Waals surface area contributed by atoms with Crippen molar-refractivity contribution >= 4 is 17.9 Å². The summed E-state index contributed by atoms with van der Waals surface area (Å²) in [5.41, 5.74) is 0. The van der Waals surface area contributed by atoms with E-state index in [0.717, 1.165) is 148 Å². The van der Waals surface area contributed by atoms with E-state index in [9.17, 15) is 14.4 Å². The lowest BCUT2D eigenvalue weighted by molar-refractivity contribution is -0.167. The molecule has 0 fully saturated rings. The fraction of sp³-hybridized carbons (Fsp3) is 0.603. The van der Waals surface area contributed by atoms with Crippen LogP contribution in [0.15, 0.2) is 134 Å². The van der Waals surface area contributed by atoms with Crippen molar-refractivity contribution in [1.29, 1.82) is 0 Å². The molecule has 6 heteroatoms. The highest BCUT2D eigenvalue weighted by Gasteiger charge is 2.19. The van der Waals surface area contributed by atoms with Crippen LogP contribution in [0.1, 0.15) is 226 Å². The van der Waals surface area contributed by atoms with Crippen LogP contribution in [0.4, 0.5) is 0 Å². The highest BCUT2D eigenvalue weighted by molar-refractivity contribution is 5.71. The fourth-order valence-corrected chi connectivity index (χ4v) is 7.08. The Balaban J connectivity index is 4.51. The van der Waals surface area contributed by atoms with Gasteiger partial charge in [0.25, 0.3) is 0 Å². The van der Waals surface area contributed by atoms with E-state index in [1.165, 1.54) is 32.1 Å². The Labute approximate surface area is 424 Å². The Morgan fingerprint density at radius 2 is 0.522 bits per heavy atom. The first kappa shape index (κ1) is 64.5. The van der Waals surface area contributed by atoms with Crippen LogP contribution in [-0.2, 0) is 28.6 Å². The topological polar surface area (TPSA) is 78.9 Å². The van der Waals surface area contributed by atoms with Crippen LogP contribution in [0.5, 0.6) is 0 Å². The molecule has 0 aromatic carbocycles. The molecule has 0 aromatic heterocycles. The summed E-state index contributed by atoms with van der Waals surface area (Å²) in [5.74, 6) is -0.979. The van der Waals surface area contributed by atoms with Crippen LogP contribution in [0.2, 0.25) is 0 Å². The second kappa shape index (κ2) is 56.1. The minimum atomic E-state index is -0.812. The van der Waals surface area contributed by atoms with E-state index in [0.29, 0.717) is 25.7 Å². The molecule has 1 atom stereocenters. The van der Waals surface area contributed by atoms with Gasteiger partial charge in [0.1, 0.15) is 13.2 Å². The molecule has 0 bridgehead atoms. The molecule has 6 nitrogen and oxygen atoms in total. The van der Waals surface area contributed by atoms with Gasteiger partial charge in [0, 0.05) is 19.3 Å². The smallest absolute Gasteiger partial charge is 0.306 e. The van der Waals surface area contributed by atoms with Gasteiger partial charge in [-0.05, 0) is 128 Å². The van der Waals surface area contributed by atoms with Gasteiger partial charge in [-0.1, -0.05) is 212 Å². The predicted octanol–water partition coefficient (Wildman–Crippen LogP) is 18.6. The van der Waals surface area contributed by atoms with E-state index in [1.54, 1.807) is 0 Å². The van der Waals surface area contributed by atoms with E-state index in [2.05, 4.69) is 154 Å². The Morgan fingerprint density at radius 1 is 0.290 bits per heavy atom. The number of hydrogen-bond donors (Lipinski definition) is 0. The molecule has 0 radical (unpaired) electrons. The second-order valence-electron chi connectivity index (χ2n) is 17.7. The molecule has 0 aliphatic heterocycles. The zero-order valence-corrected chi connectivity index (χ0v) is 44.3. The van der Waals surface area contributed by atoms with Crippen molar-refractivity contribution in [2.75, 3.05) is 13.2 Å². The number of carbonyl (C=O) groups excluding carboxylic acids is 3. The SMILES string of the molecule is CC/C=C\C/C=C\C/C=C\C/C=C\CCCCCCCCC(=O)OCC(COC(=O)CCCC/C=C\C/C=C\C/C=C\C/C=C\CC)OC(=O)CCCCCCCCC/C=C\C/C=C\C/C=C\CC. The van der Waals surface area contributed by atoms with Gasteiger partial charge in [0.15, 0.2) is 6.10 Å². The normalized spacial score (nSPS) is 13.1. The lowest BCUT2D eigenvalue weighted by Crippen LogP contribution is -2.30. The predicted molar refractivity (Wildman–Crippen MR) is 297 cm³/mol.